The van der Waals surface area contributed by atoms with Crippen LogP contribution in [0.25, 0.3) is 0 Å². The van der Waals surface area contributed by atoms with Gasteiger partial charge in [-0.25, -0.2) is 9.97 Å². The highest BCUT2D eigenvalue weighted by Gasteiger charge is 2.25. The van der Waals surface area contributed by atoms with E-state index in [-0.39, 0.29) is 5.91 Å². The maximum Gasteiger partial charge on any atom is 0.254 e. The predicted molar refractivity (Wildman–Crippen MR) is 132 cm³/mol. The lowest BCUT2D eigenvalue weighted by atomic mass is 10.0. The Morgan fingerprint density at radius 1 is 0.970 bits per heavy atom. The molecule has 2 heterocycles. The number of hydrogen-bond acceptors (Lipinski definition) is 5. The highest BCUT2D eigenvalue weighted by molar-refractivity contribution is 6.42. The van der Waals surface area contributed by atoms with Crippen LogP contribution < -0.4 is 9.64 Å². The van der Waals surface area contributed by atoms with Crippen LogP contribution in [0.5, 0.6) is 5.75 Å². The molecule has 0 bridgehead atoms. The number of carbonyl (C=O) groups is 1. The molecule has 172 valence electrons. The van der Waals surface area contributed by atoms with Gasteiger partial charge in [-0.1, -0.05) is 35.3 Å². The van der Waals surface area contributed by atoms with Crippen LogP contribution in [0.3, 0.4) is 0 Å². The summed E-state index contributed by atoms with van der Waals surface area (Å²) in [5.41, 5.74) is 3.80. The Bertz CT molecular complexity index is 1160. The minimum Gasteiger partial charge on any atom is -0.497 e. The standard InChI is InChI=1S/C25H26Cl2N4O2/c1-16-21(14-18-4-7-20(33-3)8-5-18)24(29-17(2)28-16)30-10-12-31(13-11-30)25(32)19-6-9-22(26)23(27)15-19/h4-9,15H,10-14H2,1-3H3. The Kier molecular flexibility index (Phi) is 7.05. The van der Waals surface area contributed by atoms with Crippen LogP contribution >= 0.6 is 23.2 Å². The van der Waals surface area contributed by atoms with E-state index in [0.717, 1.165) is 35.1 Å². The van der Waals surface area contributed by atoms with Crippen molar-refractivity contribution < 1.29 is 9.53 Å². The number of anilines is 1. The molecule has 8 heteroatoms. The fraction of sp³-hybridized carbons (Fsp3) is 0.320. The van der Waals surface area contributed by atoms with Gasteiger partial charge in [-0.05, 0) is 49.7 Å². The average molecular weight is 485 g/mol. The van der Waals surface area contributed by atoms with Gasteiger partial charge in [0.1, 0.15) is 17.4 Å². The Hall–Kier alpha value is -2.83. The number of benzene rings is 2. The molecule has 0 atom stereocenters. The van der Waals surface area contributed by atoms with Crippen LogP contribution in [0.1, 0.15) is 33.0 Å². The zero-order chi connectivity index (χ0) is 23.5. The summed E-state index contributed by atoms with van der Waals surface area (Å²) in [4.78, 5) is 26.4. The molecule has 0 radical (unpaired) electrons. The third-order valence-electron chi connectivity index (χ3n) is 5.88. The molecule has 0 N–H and O–H groups in total. The number of methoxy groups -OCH3 is 1. The zero-order valence-electron chi connectivity index (χ0n) is 18.9. The number of halogens is 2. The summed E-state index contributed by atoms with van der Waals surface area (Å²) in [6.45, 7) is 6.53. The van der Waals surface area contributed by atoms with Gasteiger partial charge < -0.3 is 14.5 Å². The SMILES string of the molecule is COc1ccc(Cc2c(C)nc(C)nc2N2CCN(C(=O)c3ccc(Cl)c(Cl)c3)CC2)cc1. The van der Waals surface area contributed by atoms with Gasteiger partial charge in [0.2, 0.25) is 0 Å². The summed E-state index contributed by atoms with van der Waals surface area (Å²) in [5, 5.41) is 0.827. The van der Waals surface area contributed by atoms with Crippen molar-refractivity contribution in [3.05, 3.63) is 80.7 Å². The number of carbonyl (C=O) groups excluding carboxylic acids is 1. The smallest absolute Gasteiger partial charge is 0.254 e. The number of nitrogens with zero attached hydrogens (tertiary/aromatic N) is 4. The molecule has 0 spiro atoms. The van der Waals surface area contributed by atoms with E-state index < -0.39 is 0 Å². The summed E-state index contributed by atoms with van der Waals surface area (Å²) in [6.07, 6.45) is 0.730. The lowest BCUT2D eigenvalue weighted by Crippen LogP contribution is -2.49. The van der Waals surface area contributed by atoms with Crippen LogP contribution in [0.4, 0.5) is 5.82 Å². The van der Waals surface area contributed by atoms with E-state index in [1.165, 1.54) is 5.56 Å². The van der Waals surface area contributed by atoms with E-state index in [9.17, 15) is 4.79 Å². The van der Waals surface area contributed by atoms with Crippen molar-refractivity contribution in [2.24, 2.45) is 0 Å². The van der Waals surface area contributed by atoms with Gasteiger partial charge in [-0.3, -0.25) is 4.79 Å². The summed E-state index contributed by atoms with van der Waals surface area (Å²) < 4.78 is 5.27. The Morgan fingerprint density at radius 3 is 2.30 bits per heavy atom. The lowest BCUT2D eigenvalue weighted by molar-refractivity contribution is 0.0746. The maximum absolute atomic E-state index is 12.9. The third-order valence-corrected chi connectivity index (χ3v) is 6.62. The first-order chi connectivity index (χ1) is 15.9. The quantitative estimate of drug-likeness (QED) is 0.511. The molecule has 1 aliphatic heterocycles. The molecule has 0 unspecified atom stereocenters. The first kappa shape index (κ1) is 23.3. The molecule has 33 heavy (non-hydrogen) atoms. The normalized spacial score (nSPS) is 13.8. The van der Waals surface area contributed by atoms with Gasteiger partial charge in [0, 0.05) is 49.4 Å². The molecule has 6 nitrogen and oxygen atoms in total. The zero-order valence-corrected chi connectivity index (χ0v) is 20.5. The second-order valence-electron chi connectivity index (χ2n) is 8.09. The molecular weight excluding hydrogens is 459 g/mol. The molecule has 0 saturated carbocycles. The lowest BCUT2D eigenvalue weighted by Gasteiger charge is -2.36. The largest absolute Gasteiger partial charge is 0.497 e. The molecule has 4 rings (SSSR count). The number of ether oxygens (including phenoxy) is 1. The highest BCUT2D eigenvalue weighted by atomic mass is 35.5. The van der Waals surface area contributed by atoms with E-state index in [1.54, 1.807) is 25.3 Å². The van der Waals surface area contributed by atoms with E-state index >= 15 is 0 Å². The molecule has 2 aromatic carbocycles. The van der Waals surface area contributed by atoms with Gasteiger partial charge in [0.05, 0.1) is 17.2 Å². The summed E-state index contributed by atoms with van der Waals surface area (Å²) >= 11 is 12.1. The summed E-state index contributed by atoms with van der Waals surface area (Å²) in [5.74, 6) is 2.48. The molecule has 3 aromatic rings. The fourth-order valence-corrected chi connectivity index (χ4v) is 4.36. The first-order valence-corrected chi connectivity index (χ1v) is 11.6. The third kappa shape index (κ3) is 5.23. The van der Waals surface area contributed by atoms with Gasteiger partial charge >= 0.3 is 0 Å². The van der Waals surface area contributed by atoms with Crippen molar-refractivity contribution in [2.45, 2.75) is 20.3 Å². The molecule has 1 saturated heterocycles. The fourth-order valence-electron chi connectivity index (χ4n) is 4.07. The van der Waals surface area contributed by atoms with E-state index in [2.05, 4.69) is 22.0 Å². The van der Waals surface area contributed by atoms with Crippen LogP contribution in [0.2, 0.25) is 10.0 Å². The Balaban J connectivity index is 1.51. The Labute approximate surface area is 204 Å². The monoisotopic (exact) mass is 484 g/mol. The maximum atomic E-state index is 12.9. The van der Waals surface area contributed by atoms with Crippen molar-refractivity contribution in [3.8, 4) is 5.75 Å². The van der Waals surface area contributed by atoms with Crippen LogP contribution in [-0.4, -0.2) is 54.1 Å². The average Bonchev–Trinajstić information content (AvgIpc) is 2.82. The first-order valence-electron chi connectivity index (χ1n) is 10.8. The Morgan fingerprint density at radius 2 is 1.67 bits per heavy atom. The van der Waals surface area contributed by atoms with Crippen molar-refractivity contribution in [1.82, 2.24) is 14.9 Å². The van der Waals surface area contributed by atoms with Crippen LogP contribution in [-0.2, 0) is 6.42 Å². The van der Waals surface area contributed by atoms with E-state index in [4.69, 9.17) is 32.9 Å². The predicted octanol–water partition coefficient (Wildman–Crippen LogP) is 4.96. The van der Waals surface area contributed by atoms with Gasteiger partial charge in [0.25, 0.3) is 5.91 Å². The van der Waals surface area contributed by atoms with E-state index in [1.807, 2.05) is 30.9 Å². The highest BCUT2D eigenvalue weighted by Crippen LogP contribution is 2.27. The number of aryl methyl sites for hydroxylation is 2. The summed E-state index contributed by atoms with van der Waals surface area (Å²) in [7, 11) is 1.66. The molecule has 1 amide bonds. The topological polar surface area (TPSA) is 58.6 Å². The minimum absolute atomic E-state index is 0.0401. The van der Waals surface area contributed by atoms with Crippen molar-refractivity contribution in [3.63, 3.8) is 0 Å². The number of piperazine rings is 1. The van der Waals surface area contributed by atoms with Crippen molar-refractivity contribution in [1.29, 1.82) is 0 Å². The van der Waals surface area contributed by atoms with Crippen molar-refractivity contribution in [2.75, 3.05) is 38.2 Å². The number of amides is 1. The number of aromatic nitrogens is 2. The van der Waals surface area contributed by atoms with Crippen LogP contribution in [0.15, 0.2) is 42.5 Å². The van der Waals surface area contributed by atoms with E-state index in [0.29, 0.717) is 41.8 Å². The molecule has 1 fully saturated rings. The van der Waals surface area contributed by atoms with Gasteiger partial charge in [0.15, 0.2) is 0 Å². The molecular formula is C25H26Cl2N4O2. The van der Waals surface area contributed by atoms with Crippen LogP contribution in [0, 0.1) is 13.8 Å². The minimum atomic E-state index is -0.0401. The second kappa shape index (κ2) is 9.98. The molecule has 1 aliphatic rings. The van der Waals surface area contributed by atoms with Gasteiger partial charge in [-0.2, -0.15) is 0 Å². The number of rotatable bonds is 5. The second-order valence-corrected chi connectivity index (χ2v) is 8.91. The summed E-state index contributed by atoms with van der Waals surface area (Å²) in [6, 6.07) is 13.1. The van der Waals surface area contributed by atoms with Gasteiger partial charge in [-0.15, -0.1) is 0 Å². The molecule has 1 aromatic heterocycles. The number of hydrogen-bond donors (Lipinski definition) is 0. The molecule has 0 aliphatic carbocycles. The van der Waals surface area contributed by atoms with Crippen molar-refractivity contribution >= 4 is 34.9 Å².